The molecule has 0 aromatic heterocycles. The van der Waals surface area contributed by atoms with Gasteiger partial charge < -0.3 is 10.1 Å². The molecule has 0 spiro atoms. The van der Waals surface area contributed by atoms with Crippen molar-refractivity contribution in [3.8, 4) is 0 Å². The number of benzene rings is 1. The Bertz CT molecular complexity index is 390. The summed E-state index contributed by atoms with van der Waals surface area (Å²) in [4.78, 5) is 2.49. The van der Waals surface area contributed by atoms with E-state index in [4.69, 9.17) is 4.74 Å². The fourth-order valence-corrected chi connectivity index (χ4v) is 2.54. The molecule has 0 amide bonds. The molecule has 1 N–H and O–H groups in total. The van der Waals surface area contributed by atoms with Gasteiger partial charge in [0.2, 0.25) is 0 Å². The minimum Gasteiger partial charge on any atom is -0.374 e. The van der Waals surface area contributed by atoms with Gasteiger partial charge in [0.15, 0.2) is 0 Å². The first-order chi connectivity index (χ1) is 8.69. The van der Waals surface area contributed by atoms with E-state index in [9.17, 15) is 0 Å². The Balaban J connectivity index is 1.96. The van der Waals surface area contributed by atoms with E-state index in [1.54, 1.807) is 0 Å². The smallest absolute Gasteiger partial charge is 0.0826 e. The number of morpholine rings is 1. The molecule has 0 radical (unpaired) electrons. The lowest BCUT2D eigenvalue weighted by Gasteiger charge is -2.33. The Labute approximate surface area is 110 Å². The number of nitrogens with zero attached hydrogens (tertiary/aromatic N) is 1. The summed E-state index contributed by atoms with van der Waals surface area (Å²) in [6.07, 6.45) is 0.328. The van der Waals surface area contributed by atoms with E-state index >= 15 is 0 Å². The minimum absolute atomic E-state index is 0.328. The van der Waals surface area contributed by atoms with Crippen LogP contribution < -0.4 is 5.32 Å². The number of aryl methyl sites for hydroxylation is 2. The number of likely N-dealkylation sites (N-methyl/N-ethyl adjacent to an activating group) is 1. The van der Waals surface area contributed by atoms with Gasteiger partial charge in [0.25, 0.3) is 0 Å². The Kier molecular flexibility index (Phi) is 4.75. The van der Waals surface area contributed by atoms with Crippen LogP contribution in [0, 0.1) is 13.8 Å². The highest BCUT2D eigenvalue weighted by atomic mass is 16.5. The van der Waals surface area contributed by atoms with Crippen molar-refractivity contribution >= 4 is 0 Å². The SMILES string of the molecule is CNCC1CN(Cc2ccc(C)cc2C)CCO1. The van der Waals surface area contributed by atoms with Crippen molar-refractivity contribution < 1.29 is 4.74 Å². The first kappa shape index (κ1) is 13.5. The maximum Gasteiger partial charge on any atom is 0.0826 e. The second-order valence-electron chi connectivity index (χ2n) is 5.22. The lowest BCUT2D eigenvalue weighted by atomic mass is 10.0. The third-order valence-corrected chi connectivity index (χ3v) is 3.55. The van der Waals surface area contributed by atoms with E-state index in [0.717, 1.165) is 32.8 Å². The van der Waals surface area contributed by atoms with E-state index in [1.165, 1.54) is 16.7 Å². The average Bonchev–Trinajstić information content (AvgIpc) is 2.34. The van der Waals surface area contributed by atoms with Crippen molar-refractivity contribution in [3.63, 3.8) is 0 Å². The fourth-order valence-electron chi connectivity index (χ4n) is 2.54. The number of hydrogen-bond donors (Lipinski definition) is 1. The molecule has 0 bridgehead atoms. The Hall–Kier alpha value is -0.900. The van der Waals surface area contributed by atoms with E-state index in [-0.39, 0.29) is 0 Å². The molecule has 1 aliphatic heterocycles. The zero-order valence-corrected chi connectivity index (χ0v) is 11.7. The van der Waals surface area contributed by atoms with Crippen LogP contribution in [-0.2, 0) is 11.3 Å². The molecule has 1 aromatic rings. The highest BCUT2D eigenvalue weighted by molar-refractivity contribution is 5.30. The van der Waals surface area contributed by atoms with Gasteiger partial charge in [-0.05, 0) is 32.0 Å². The fraction of sp³-hybridized carbons (Fsp3) is 0.600. The molecule has 1 aromatic carbocycles. The summed E-state index contributed by atoms with van der Waals surface area (Å²) in [5, 5.41) is 3.19. The van der Waals surface area contributed by atoms with E-state index < -0.39 is 0 Å². The lowest BCUT2D eigenvalue weighted by molar-refractivity contribution is -0.0291. The van der Waals surface area contributed by atoms with Crippen molar-refractivity contribution in [1.29, 1.82) is 0 Å². The topological polar surface area (TPSA) is 24.5 Å². The summed E-state index contributed by atoms with van der Waals surface area (Å²) >= 11 is 0. The molecule has 1 atom stereocenters. The molecule has 1 saturated heterocycles. The van der Waals surface area contributed by atoms with Crippen molar-refractivity contribution in [2.45, 2.75) is 26.5 Å². The van der Waals surface area contributed by atoms with Crippen LogP contribution in [0.2, 0.25) is 0 Å². The van der Waals surface area contributed by atoms with Crippen LogP contribution in [0.15, 0.2) is 18.2 Å². The summed E-state index contributed by atoms with van der Waals surface area (Å²) < 4.78 is 5.73. The van der Waals surface area contributed by atoms with Crippen LogP contribution in [-0.4, -0.2) is 44.3 Å². The predicted molar refractivity (Wildman–Crippen MR) is 74.9 cm³/mol. The van der Waals surface area contributed by atoms with Crippen molar-refractivity contribution in [1.82, 2.24) is 10.2 Å². The Morgan fingerprint density at radius 3 is 2.94 bits per heavy atom. The van der Waals surface area contributed by atoms with Crippen LogP contribution in [0.4, 0.5) is 0 Å². The number of hydrogen-bond acceptors (Lipinski definition) is 3. The molecule has 3 heteroatoms. The van der Waals surface area contributed by atoms with E-state index in [2.05, 4.69) is 42.3 Å². The second kappa shape index (κ2) is 6.32. The zero-order chi connectivity index (χ0) is 13.0. The number of nitrogens with one attached hydrogen (secondary N) is 1. The van der Waals surface area contributed by atoms with Gasteiger partial charge >= 0.3 is 0 Å². The number of rotatable bonds is 4. The largest absolute Gasteiger partial charge is 0.374 e. The molecule has 3 nitrogen and oxygen atoms in total. The van der Waals surface area contributed by atoms with Gasteiger partial charge in [-0.3, -0.25) is 4.90 Å². The van der Waals surface area contributed by atoms with Crippen molar-refractivity contribution in [2.24, 2.45) is 0 Å². The van der Waals surface area contributed by atoms with Crippen molar-refractivity contribution in [3.05, 3.63) is 34.9 Å². The second-order valence-corrected chi connectivity index (χ2v) is 5.22. The molecule has 1 aliphatic rings. The molecular weight excluding hydrogens is 224 g/mol. The lowest BCUT2D eigenvalue weighted by Crippen LogP contribution is -2.45. The van der Waals surface area contributed by atoms with Gasteiger partial charge in [-0.15, -0.1) is 0 Å². The van der Waals surface area contributed by atoms with Gasteiger partial charge in [0.1, 0.15) is 0 Å². The van der Waals surface area contributed by atoms with Crippen LogP contribution >= 0.6 is 0 Å². The van der Waals surface area contributed by atoms with Crippen molar-refractivity contribution in [2.75, 3.05) is 33.3 Å². The highest BCUT2D eigenvalue weighted by Crippen LogP contribution is 2.15. The summed E-state index contributed by atoms with van der Waals surface area (Å²) in [5.41, 5.74) is 4.17. The van der Waals surface area contributed by atoms with Gasteiger partial charge in [-0.1, -0.05) is 23.8 Å². The predicted octanol–water partition coefficient (Wildman–Crippen LogP) is 1.72. The van der Waals surface area contributed by atoms with Gasteiger partial charge in [0.05, 0.1) is 12.7 Å². The molecular formula is C15H24N2O. The molecule has 0 aliphatic carbocycles. The molecule has 100 valence electrons. The third kappa shape index (κ3) is 3.55. The first-order valence-corrected chi connectivity index (χ1v) is 6.73. The van der Waals surface area contributed by atoms with Crippen LogP contribution in [0.3, 0.4) is 0 Å². The summed E-state index contributed by atoms with van der Waals surface area (Å²) in [7, 11) is 1.98. The maximum atomic E-state index is 5.73. The van der Waals surface area contributed by atoms with Crippen LogP contribution in [0.25, 0.3) is 0 Å². The standard InChI is InChI=1S/C15H24N2O/c1-12-4-5-14(13(2)8-12)10-17-6-7-18-15(11-17)9-16-3/h4-5,8,15-16H,6-7,9-11H2,1-3H3. The average molecular weight is 248 g/mol. The normalized spacial score (nSPS) is 21.2. The summed E-state index contributed by atoms with van der Waals surface area (Å²) in [6.45, 7) is 9.22. The Morgan fingerprint density at radius 1 is 1.39 bits per heavy atom. The van der Waals surface area contributed by atoms with Gasteiger partial charge in [-0.2, -0.15) is 0 Å². The van der Waals surface area contributed by atoms with Gasteiger partial charge in [-0.25, -0.2) is 0 Å². The maximum absolute atomic E-state index is 5.73. The van der Waals surface area contributed by atoms with Crippen LogP contribution in [0.1, 0.15) is 16.7 Å². The highest BCUT2D eigenvalue weighted by Gasteiger charge is 2.20. The molecule has 2 rings (SSSR count). The van der Waals surface area contributed by atoms with E-state index in [0.29, 0.717) is 6.10 Å². The molecule has 1 fully saturated rings. The molecule has 0 saturated carbocycles. The van der Waals surface area contributed by atoms with E-state index in [1.807, 2.05) is 7.05 Å². The Morgan fingerprint density at radius 2 is 2.22 bits per heavy atom. The molecule has 1 unspecified atom stereocenters. The monoisotopic (exact) mass is 248 g/mol. The van der Waals surface area contributed by atoms with Gasteiger partial charge in [0, 0.05) is 26.2 Å². The first-order valence-electron chi connectivity index (χ1n) is 6.73. The molecule has 18 heavy (non-hydrogen) atoms. The zero-order valence-electron chi connectivity index (χ0n) is 11.7. The third-order valence-electron chi connectivity index (χ3n) is 3.55. The number of ether oxygens (including phenoxy) is 1. The van der Waals surface area contributed by atoms with Crippen LogP contribution in [0.5, 0.6) is 0 Å². The summed E-state index contributed by atoms with van der Waals surface area (Å²) in [6, 6.07) is 6.72. The summed E-state index contributed by atoms with van der Waals surface area (Å²) in [5.74, 6) is 0. The molecule has 1 heterocycles. The minimum atomic E-state index is 0.328. The quantitative estimate of drug-likeness (QED) is 0.878.